The molecule has 4 heteroatoms. The predicted octanol–water partition coefficient (Wildman–Crippen LogP) is 4.30. The summed E-state index contributed by atoms with van der Waals surface area (Å²) in [5.41, 5.74) is 1.40. The Morgan fingerprint density at radius 1 is 1.11 bits per heavy atom. The predicted molar refractivity (Wildman–Crippen MR) is 72.4 cm³/mol. The van der Waals surface area contributed by atoms with Gasteiger partial charge in [0.05, 0.1) is 5.02 Å². The first kappa shape index (κ1) is 12.9. The average molecular weight is 281 g/mol. The first-order valence-electron chi connectivity index (χ1n) is 5.33. The second kappa shape index (κ2) is 5.89. The van der Waals surface area contributed by atoms with E-state index in [1.54, 1.807) is 12.1 Å². The van der Waals surface area contributed by atoms with Gasteiger partial charge in [-0.1, -0.05) is 41.9 Å². The van der Waals surface area contributed by atoms with Crippen LogP contribution < -0.4 is 4.74 Å². The molecule has 0 atom stereocenters. The van der Waals surface area contributed by atoms with Crippen LogP contribution >= 0.6 is 23.2 Å². The van der Waals surface area contributed by atoms with Gasteiger partial charge in [0.2, 0.25) is 0 Å². The lowest BCUT2D eigenvalue weighted by Gasteiger charge is -2.08. The highest BCUT2D eigenvalue weighted by Gasteiger charge is 2.07. The maximum Gasteiger partial charge on any atom is 0.252 e. The zero-order chi connectivity index (χ0) is 13.0. The van der Waals surface area contributed by atoms with Crippen molar-refractivity contribution in [3.05, 3.63) is 64.7 Å². The van der Waals surface area contributed by atoms with Gasteiger partial charge in [-0.2, -0.15) is 0 Å². The van der Waals surface area contributed by atoms with E-state index >= 15 is 0 Å². The van der Waals surface area contributed by atoms with Gasteiger partial charge < -0.3 is 4.74 Å². The molecular weight excluding hydrogens is 271 g/mol. The fourth-order valence-corrected chi connectivity index (χ4v) is 1.83. The van der Waals surface area contributed by atoms with Gasteiger partial charge in [-0.25, -0.2) is 0 Å². The minimum atomic E-state index is -0.536. The summed E-state index contributed by atoms with van der Waals surface area (Å²) in [6.45, 7) is 0.425. The fraction of sp³-hybridized carbons (Fsp3) is 0.0714. The second-order valence-corrected chi connectivity index (χ2v) is 4.44. The van der Waals surface area contributed by atoms with Crippen LogP contribution in [-0.2, 0) is 6.61 Å². The summed E-state index contributed by atoms with van der Waals surface area (Å²) >= 11 is 11.4. The van der Waals surface area contributed by atoms with Crippen LogP contribution in [0.4, 0.5) is 0 Å². The molecule has 0 N–H and O–H groups in total. The minimum absolute atomic E-state index is 0.355. The molecule has 0 fully saturated rings. The highest BCUT2D eigenvalue weighted by atomic mass is 35.5. The van der Waals surface area contributed by atoms with Crippen LogP contribution in [-0.4, -0.2) is 5.24 Å². The van der Waals surface area contributed by atoms with E-state index in [2.05, 4.69) is 0 Å². The van der Waals surface area contributed by atoms with Gasteiger partial charge in [0.15, 0.2) is 0 Å². The van der Waals surface area contributed by atoms with Crippen LogP contribution in [0, 0.1) is 0 Å². The molecule has 0 radical (unpaired) electrons. The molecular formula is C14H10Cl2O2. The topological polar surface area (TPSA) is 26.3 Å². The van der Waals surface area contributed by atoms with Gasteiger partial charge in [0.25, 0.3) is 5.24 Å². The summed E-state index contributed by atoms with van der Waals surface area (Å²) in [6.07, 6.45) is 0. The summed E-state index contributed by atoms with van der Waals surface area (Å²) < 4.78 is 5.57. The van der Waals surface area contributed by atoms with Crippen molar-refractivity contribution in [1.82, 2.24) is 0 Å². The largest absolute Gasteiger partial charge is 0.487 e. The molecule has 0 saturated heterocycles. The van der Waals surface area contributed by atoms with Crippen molar-refractivity contribution in [3.8, 4) is 5.75 Å². The molecule has 0 saturated carbocycles. The van der Waals surface area contributed by atoms with Gasteiger partial charge in [-0.3, -0.25) is 4.79 Å². The van der Waals surface area contributed by atoms with Gasteiger partial charge in [0, 0.05) is 5.56 Å². The van der Waals surface area contributed by atoms with Crippen LogP contribution in [0.5, 0.6) is 5.75 Å². The number of rotatable bonds is 4. The lowest BCUT2D eigenvalue weighted by molar-refractivity contribution is 0.108. The summed E-state index contributed by atoms with van der Waals surface area (Å²) in [4.78, 5) is 11.0. The number of halogens is 2. The maximum absolute atomic E-state index is 11.0. The molecule has 2 aromatic rings. The fourth-order valence-electron chi connectivity index (χ4n) is 1.48. The highest BCUT2D eigenvalue weighted by Crippen LogP contribution is 2.26. The molecule has 0 aliphatic carbocycles. The molecule has 0 unspecified atom stereocenters. The highest BCUT2D eigenvalue weighted by molar-refractivity contribution is 6.67. The molecule has 92 valence electrons. The van der Waals surface area contributed by atoms with E-state index < -0.39 is 5.24 Å². The molecule has 0 heterocycles. The van der Waals surface area contributed by atoms with Gasteiger partial charge >= 0.3 is 0 Å². The third kappa shape index (κ3) is 3.25. The molecule has 0 bridgehead atoms. The zero-order valence-corrected chi connectivity index (χ0v) is 10.9. The van der Waals surface area contributed by atoms with Crippen molar-refractivity contribution >= 4 is 28.4 Å². The minimum Gasteiger partial charge on any atom is -0.487 e. The summed E-state index contributed by atoms with van der Waals surface area (Å²) in [7, 11) is 0. The van der Waals surface area contributed by atoms with E-state index in [9.17, 15) is 4.79 Å². The van der Waals surface area contributed by atoms with Crippen LogP contribution in [0.3, 0.4) is 0 Å². The number of carbonyl (C=O) groups excluding carboxylic acids is 1. The first-order valence-corrected chi connectivity index (χ1v) is 6.08. The Balaban J connectivity index is 2.08. The quantitative estimate of drug-likeness (QED) is 0.781. The van der Waals surface area contributed by atoms with Crippen molar-refractivity contribution < 1.29 is 9.53 Å². The Labute approximate surface area is 115 Å². The number of hydrogen-bond donors (Lipinski definition) is 0. The Kier molecular flexibility index (Phi) is 4.24. The van der Waals surface area contributed by atoms with Crippen molar-refractivity contribution in [2.75, 3.05) is 0 Å². The third-order valence-corrected chi connectivity index (χ3v) is 2.91. The first-order chi connectivity index (χ1) is 8.66. The number of hydrogen-bond acceptors (Lipinski definition) is 2. The molecule has 2 aromatic carbocycles. The molecule has 0 aliphatic heterocycles. The summed E-state index contributed by atoms with van der Waals surface area (Å²) in [5.74, 6) is 0.530. The average Bonchev–Trinajstić information content (AvgIpc) is 2.38. The Morgan fingerprint density at radius 3 is 2.44 bits per heavy atom. The molecule has 18 heavy (non-hydrogen) atoms. The van der Waals surface area contributed by atoms with E-state index in [0.29, 0.717) is 22.9 Å². The maximum atomic E-state index is 11.0. The van der Waals surface area contributed by atoms with Gasteiger partial charge in [-0.15, -0.1) is 0 Å². The third-order valence-electron chi connectivity index (χ3n) is 2.40. The van der Waals surface area contributed by atoms with Crippen molar-refractivity contribution in [2.45, 2.75) is 6.61 Å². The van der Waals surface area contributed by atoms with Crippen LogP contribution in [0.2, 0.25) is 5.02 Å². The van der Waals surface area contributed by atoms with E-state index in [1.807, 2.05) is 30.3 Å². The summed E-state index contributed by atoms with van der Waals surface area (Å²) in [5, 5.41) is -0.163. The Morgan fingerprint density at radius 2 is 1.83 bits per heavy atom. The van der Waals surface area contributed by atoms with E-state index in [1.165, 1.54) is 6.07 Å². The van der Waals surface area contributed by atoms with E-state index in [4.69, 9.17) is 27.9 Å². The second-order valence-electron chi connectivity index (χ2n) is 3.69. The van der Waals surface area contributed by atoms with Crippen LogP contribution in [0.15, 0.2) is 48.5 Å². The molecule has 0 aromatic heterocycles. The van der Waals surface area contributed by atoms with E-state index in [-0.39, 0.29) is 0 Å². The molecule has 2 nitrogen and oxygen atoms in total. The lowest BCUT2D eigenvalue weighted by atomic mass is 10.2. The standard InChI is InChI=1S/C14H10Cl2O2/c15-12-8-11(14(16)17)6-7-13(12)18-9-10-4-2-1-3-5-10/h1-8H,9H2. The molecule has 2 rings (SSSR count). The van der Waals surface area contributed by atoms with Crippen LogP contribution in [0.1, 0.15) is 15.9 Å². The summed E-state index contributed by atoms with van der Waals surface area (Å²) in [6, 6.07) is 14.5. The van der Waals surface area contributed by atoms with Crippen molar-refractivity contribution in [1.29, 1.82) is 0 Å². The number of carbonyl (C=O) groups is 1. The van der Waals surface area contributed by atoms with E-state index in [0.717, 1.165) is 5.56 Å². The van der Waals surface area contributed by atoms with Gasteiger partial charge in [-0.05, 0) is 35.4 Å². The molecule has 0 spiro atoms. The zero-order valence-electron chi connectivity index (χ0n) is 9.40. The SMILES string of the molecule is O=C(Cl)c1ccc(OCc2ccccc2)c(Cl)c1. The van der Waals surface area contributed by atoms with Crippen LogP contribution in [0.25, 0.3) is 0 Å². The molecule has 0 aliphatic rings. The van der Waals surface area contributed by atoms with Gasteiger partial charge in [0.1, 0.15) is 12.4 Å². The smallest absolute Gasteiger partial charge is 0.252 e. The van der Waals surface area contributed by atoms with Crippen molar-refractivity contribution in [2.24, 2.45) is 0 Å². The number of ether oxygens (including phenoxy) is 1. The Bertz CT molecular complexity index is 553. The number of benzene rings is 2. The normalized spacial score (nSPS) is 10.1. The lowest BCUT2D eigenvalue weighted by Crippen LogP contribution is -1.97. The monoisotopic (exact) mass is 280 g/mol. The Hall–Kier alpha value is -1.51. The van der Waals surface area contributed by atoms with Crippen molar-refractivity contribution in [3.63, 3.8) is 0 Å². The molecule has 0 amide bonds.